The van der Waals surface area contributed by atoms with Gasteiger partial charge in [0.05, 0.1) is 15.0 Å². The van der Waals surface area contributed by atoms with E-state index in [1.807, 2.05) is 30.3 Å². The number of thiophene rings is 1. The van der Waals surface area contributed by atoms with E-state index in [4.69, 9.17) is 23.8 Å². The lowest BCUT2D eigenvalue weighted by atomic mass is 10.2. The number of rotatable bonds is 3. The van der Waals surface area contributed by atoms with Crippen molar-refractivity contribution in [1.82, 2.24) is 14.9 Å². The zero-order valence-corrected chi connectivity index (χ0v) is 14.4. The summed E-state index contributed by atoms with van der Waals surface area (Å²) in [6.07, 6.45) is 1.74. The molecule has 0 aliphatic carbocycles. The van der Waals surface area contributed by atoms with Gasteiger partial charge in [-0.15, -0.1) is 11.3 Å². The SMILES string of the molecule is S=c1[nH]nc(-c2ccccc2Cl)n1N=Cc1ccc(Br)s1. The number of aromatic amines is 1. The van der Waals surface area contributed by atoms with Crippen LogP contribution in [-0.2, 0) is 0 Å². The fourth-order valence-electron chi connectivity index (χ4n) is 1.73. The number of aromatic nitrogens is 3. The smallest absolute Gasteiger partial charge is 0.216 e. The number of nitrogens with one attached hydrogen (secondary N) is 1. The van der Waals surface area contributed by atoms with Crippen molar-refractivity contribution in [3.05, 3.63) is 54.9 Å². The van der Waals surface area contributed by atoms with Gasteiger partial charge in [-0.2, -0.15) is 14.9 Å². The minimum Gasteiger partial charge on any atom is -0.250 e. The van der Waals surface area contributed by atoms with Crippen LogP contribution in [0.2, 0.25) is 5.02 Å². The van der Waals surface area contributed by atoms with Crippen LogP contribution in [0.5, 0.6) is 0 Å². The summed E-state index contributed by atoms with van der Waals surface area (Å²) >= 11 is 16.4. The first-order valence-corrected chi connectivity index (χ1v) is 8.27. The van der Waals surface area contributed by atoms with Crippen LogP contribution in [0.4, 0.5) is 0 Å². The van der Waals surface area contributed by atoms with Gasteiger partial charge in [0.1, 0.15) is 0 Å². The fourth-order valence-corrected chi connectivity index (χ4v) is 3.42. The Morgan fingerprint density at radius 3 is 2.86 bits per heavy atom. The average Bonchev–Trinajstić information content (AvgIpc) is 3.04. The Balaban J connectivity index is 2.04. The summed E-state index contributed by atoms with van der Waals surface area (Å²) in [7, 11) is 0. The largest absolute Gasteiger partial charge is 0.250 e. The van der Waals surface area contributed by atoms with E-state index < -0.39 is 0 Å². The van der Waals surface area contributed by atoms with Gasteiger partial charge in [-0.25, -0.2) is 5.10 Å². The quantitative estimate of drug-likeness (QED) is 0.499. The third-order valence-electron chi connectivity index (χ3n) is 2.66. The number of hydrogen-bond donors (Lipinski definition) is 1. The van der Waals surface area contributed by atoms with Crippen molar-refractivity contribution in [2.75, 3.05) is 0 Å². The van der Waals surface area contributed by atoms with Gasteiger partial charge in [-0.1, -0.05) is 23.7 Å². The van der Waals surface area contributed by atoms with Gasteiger partial charge in [0.2, 0.25) is 4.77 Å². The standard InChI is InChI=1S/C13H8BrClN4S2/c14-11-6-5-8(21-11)7-16-19-12(17-18-13(19)20)9-3-1-2-4-10(9)15/h1-7H,(H,18,20). The zero-order valence-electron chi connectivity index (χ0n) is 10.5. The summed E-state index contributed by atoms with van der Waals surface area (Å²) in [5, 5.41) is 11.9. The first-order chi connectivity index (χ1) is 10.1. The van der Waals surface area contributed by atoms with Crippen LogP contribution < -0.4 is 0 Å². The van der Waals surface area contributed by atoms with E-state index in [0.29, 0.717) is 15.6 Å². The molecule has 3 aromatic rings. The van der Waals surface area contributed by atoms with E-state index in [1.54, 1.807) is 28.3 Å². The van der Waals surface area contributed by atoms with Crippen molar-refractivity contribution < 1.29 is 0 Å². The lowest BCUT2D eigenvalue weighted by Gasteiger charge is -2.02. The van der Waals surface area contributed by atoms with E-state index >= 15 is 0 Å². The molecule has 1 aromatic carbocycles. The zero-order chi connectivity index (χ0) is 14.8. The monoisotopic (exact) mass is 398 g/mol. The molecule has 0 saturated heterocycles. The first-order valence-electron chi connectivity index (χ1n) is 5.87. The molecule has 2 heterocycles. The summed E-state index contributed by atoms with van der Waals surface area (Å²) in [5.74, 6) is 0.581. The Bertz CT molecular complexity index is 865. The topological polar surface area (TPSA) is 46.0 Å². The number of H-pyrrole nitrogens is 1. The van der Waals surface area contributed by atoms with Crippen LogP contribution in [0.15, 0.2) is 45.3 Å². The van der Waals surface area contributed by atoms with E-state index in [1.165, 1.54) is 0 Å². The molecule has 0 atom stereocenters. The molecule has 1 N–H and O–H groups in total. The second-order valence-corrected chi connectivity index (χ2v) is 7.32. The Kier molecular flexibility index (Phi) is 4.34. The van der Waals surface area contributed by atoms with Crippen LogP contribution >= 0.6 is 51.1 Å². The van der Waals surface area contributed by atoms with Crippen molar-refractivity contribution in [2.45, 2.75) is 0 Å². The maximum Gasteiger partial charge on any atom is 0.216 e. The molecule has 0 spiro atoms. The summed E-state index contributed by atoms with van der Waals surface area (Å²) in [6, 6.07) is 11.4. The molecule has 0 aliphatic heterocycles. The van der Waals surface area contributed by atoms with E-state index in [9.17, 15) is 0 Å². The number of nitrogens with zero attached hydrogens (tertiary/aromatic N) is 3. The average molecular weight is 400 g/mol. The van der Waals surface area contributed by atoms with Gasteiger partial charge in [0.15, 0.2) is 5.82 Å². The highest BCUT2D eigenvalue weighted by Gasteiger charge is 2.11. The van der Waals surface area contributed by atoms with Crippen LogP contribution in [0.3, 0.4) is 0 Å². The number of benzene rings is 1. The summed E-state index contributed by atoms with van der Waals surface area (Å²) < 4.78 is 3.02. The highest BCUT2D eigenvalue weighted by Crippen LogP contribution is 2.26. The predicted octanol–water partition coefficient (Wildman–Crippen LogP) is 4.97. The Morgan fingerprint density at radius 2 is 2.14 bits per heavy atom. The second-order valence-electron chi connectivity index (χ2n) is 4.03. The Morgan fingerprint density at radius 1 is 1.33 bits per heavy atom. The van der Waals surface area contributed by atoms with Crippen molar-refractivity contribution >= 4 is 57.3 Å². The van der Waals surface area contributed by atoms with E-state index in [2.05, 4.69) is 31.2 Å². The highest BCUT2D eigenvalue weighted by molar-refractivity contribution is 9.11. The predicted molar refractivity (Wildman–Crippen MR) is 92.9 cm³/mol. The molecular weight excluding hydrogens is 392 g/mol. The first kappa shape index (κ1) is 14.6. The van der Waals surface area contributed by atoms with Crippen molar-refractivity contribution in [3.8, 4) is 11.4 Å². The maximum atomic E-state index is 6.20. The molecule has 21 heavy (non-hydrogen) atoms. The molecule has 3 rings (SSSR count). The third-order valence-corrected chi connectivity index (χ3v) is 4.81. The van der Waals surface area contributed by atoms with Crippen LogP contribution in [0, 0.1) is 4.77 Å². The minimum absolute atomic E-state index is 0.414. The normalized spacial score (nSPS) is 11.3. The van der Waals surface area contributed by atoms with E-state index in [0.717, 1.165) is 14.2 Å². The van der Waals surface area contributed by atoms with Gasteiger partial charge >= 0.3 is 0 Å². The molecule has 106 valence electrons. The summed E-state index contributed by atoms with van der Waals surface area (Å²) in [4.78, 5) is 1.01. The molecule has 0 saturated carbocycles. The number of hydrogen-bond acceptors (Lipinski definition) is 4. The molecule has 8 heteroatoms. The molecule has 0 amide bonds. The van der Waals surface area contributed by atoms with Crippen molar-refractivity contribution in [1.29, 1.82) is 0 Å². The Labute approximate surface area is 143 Å². The lowest BCUT2D eigenvalue weighted by molar-refractivity contribution is 0.872. The molecule has 0 radical (unpaired) electrons. The number of halogens is 2. The van der Waals surface area contributed by atoms with Crippen LogP contribution in [0.25, 0.3) is 11.4 Å². The van der Waals surface area contributed by atoms with Crippen molar-refractivity contribution in [3.63, 3.8) is 0 Å². The lowest BCUT2D eigenvalue weighted by Crippen LogP contribution is -1.94. The molecule has 4 nitrogen and oxygen atoms in total. The molecule has 0 fully saturated rings. The molecule has 0 unspecified atom stereocenters. The molecule has 0 bridgehead atoms. The van der Waals surface area contributed by atoms with Crippen molar-refractivity contribution in [2.24, 2.45) is 5.10 Å². The fraction of sp³-hybridized carbons (Fsp3) is 0. The van der Waals surface area contributed by atoms with Gasteiger partial charge in [0, 0.05) is 10.4 Å². The molecular formula is C13H8BrClN4S2. The highest BCUT2D eigenvalue weighted by atomic mass is 79.9. The van der Waals surface area contributed by atoms with E-state index in [-0.39, 0.29) is 0 Å². The van der Waals surface area contributed by atoms with Gasteiger partial charge in [-0.3, -0.25) is 0 Å². The summed E-state index contributed by atoms with van der Waals surface area (Å²) in [5.41, 5.74) is 0.774. The summed E-state index contributed by atoms with van der Waals surface area (Å²) in [6.45, 7) is 0. The second kappa shape index (κ2) is 6.23. The molecule has 2 aromatic heterocycles. The van der Waals surface area contributed by atoms with Gasteiger partial charge < -0.3 is 0 Å². The molecule has 0 aliphatic rings. The van der Waals surface area contributed by atoms with Crippen LogP contribution in [-0.4, -0.2) is 21.1 Å². The Hall–Kier alpha value is -1.28. The van der Waals surface area contributed by atoms with Crippen LogP contribution in [0.1, 0.15) is 4.88 Å². The van der Waals surface area contributed by atoms with Gasteiger partial charge in [0.25, 0.3) is 0 Å². The maximum absolute atomic E-state index is 6.20. The minimum atomic E-state index is 0.414. The van der Waals surface area contributed by atoms with Gasteiger partial charge in [-0.05, 0) is 52.4 Å². The third kappa shape index (κ3) is 3.16.